The van der Waals surface area contributed by atoms with Gasteiger partial charge in [-0.15, -0.1) is 0 Å². The standard InChI is InChI=1S/C13H16ClFN2S/c1-8(2)11-6-7-18-13(16-11)17-12-9(14)4-3-5-10(12)15/h3-5,8,11H,6-7H2,1-2H3,(H,16,17). The zero-order valence-corrected chi connectivity index (χ0v) is 12.0. The molecule has 1 aliphatic heterocycles. The fraction of sp³-hybridized carbons (Fsp3) is 0.462. The maximum Gasteiger partial charge on any atom is 0.161 e. The molecule has 0 fully saturated rings. The molecule has 0 bridgehead atoms. The van der Waals surface area contributed by atoms with Gasteiger partial charge in [-0.1, -0.05) is 43.3 Å². The van der Waals surface area contributed by atoms with Gasteiger partial charge in [0.25, 0.3) is 0 Å². The number of para-hydroxylation sites is 1. The number of halogens is 2. The molecule has 0 saturated carbocycles. The summed E-state index contributed by atoms with van der Waals surface area (Å²) in [5.41, 5.74) is 0.315. The summed E-state index contributed by atoms with van der Waals surface area (Å²) in [4.78, 5) is 4.60. The lowest BCUT2D eigenvalue weighted by Gasteiger charge is -2.23. The number of amidine groups is 1. The normalized spacial score (nSPS) is 19.8. The van der Waals surface area contributed by atoms with E-state index in [0.29, 0.717) is 22.7 Å². The Morgan fingerprint density at radius 2 is 2.28 bits per heavy atom. The zero-order chi connectivity index (χ0) is 13.1. The fourth-order valence-electron chi connectivity index (χ4n) is 1.80. The molecule has 1 aromatic rings. The molecular weight excluding hydrogens is 271 g/mol. The molecule has 98 valence electrons. The van der Waals surface area contributed by atoms with E-state index in [9.17, 15) is 4.39 Å². The summed E-state index contributed by atoms with van der Waals surface area (Å²) in [5, 5.41) is 4.14. The molecule has 1 atom stereocenters. The third-order valence-electron chi connectivity index (χ3n) is 2.90. The van der Waals surface area contributed by atoms with Crippen molar-refractivity contribution in [2.45, 2.75) is 26.3 Å². The second kappa shape index (κ2) is 5.93. The number of benzene rings is 1. The Bertz CT molecular complexity index is 442. The first-order chi connectivity index (χ1) is 8.58. The topological polar surface area (TPSA) is 24.4 Å². The van der Waals surface area contributed by atoms with Gasteiger partial charge in [-0.25, -0.2) is 4.39 Å². The van der Waals surface area contributed by atoms with Crippen LogP contribution in [-0.4, -0.2) is 17.0 Å². The van der Waals surface area contributed by atoms with E-state index in [0.717, 1.165) is 17.3 Å². The molecule has 2 nitrogen and oxygen atoms in total. The Balaban J connectivity index is 2.18. The minimum atomic E-state index is -0.350. The number of nitrogens with zero attached hydrogens (tertiary/aromatic N) is 1. The number of hydrogen-bond donors (Lipinski definition) is 1. The highest BCUT2D eigenvalue weighted by Gasteiger charge is 2.19. The molecule has 18 heavy (non-hydrogen) atoms. The van der Waals surface area contributed by atoms with Gasteiger partial charge in [0.1, 0.15) is 5.82 Å². The Kier molecular flexibility index (Phi) is 4.51. The van der Waals surface area contributed by atoms with Crippen LogP contribution in [0.3, 0.4) is 0 Å². The Morgan fingerprint density at radius 3 is 2.94 bits per heavy atom. The van der Waals surface area contributed by atoms with Gasteiger partial charge < -0.3 is 5.32 Å². The van der Waals surface area contributed by atoms with Crippen molar-refractivity contribution in [2.24, 2.45) is 10.9 Å². The van der Waals surface area contributed by atoms with E-state index in [-0.39, 0.29) is 5.82 Å². The monoisotopic (exact) mass is 286 g/mol. The summed E-state index contributed by atoms with van der Waals surface area (Å²) in [5.74, 6) is 1.15. The smallest absolute Gasteiger partial charge is 0.161 e. The van der Waals surface area contributed by atoms with Crippen LogP contribution in [0.25, 0.3) is 0 Å². The maximum absolute atomic E-state index is 13.6. The molecule has 1 heterocycles. The molecular formula is C13H16ClFN2S. The Morgan fingerprint density at radius 1 is 1.50 bits per heavy atom. The number of rotatable bonds is 2. The molecule has 1 aromatic carbocycles. The summed E-state index contributed by atoms with van der Waals surface area (Å²) in [6, 6.07) is 4.96. The van der Waals surface area contributed by atoms with Crippen LogP contribution in [0.5, 0.6) is 0 Å². The van der Waals surface area contributed by atoms with Gasteiger partial charge in [-0.3, -0.25) is 4.99 Å². The second-order valence-corrected chi connectivity index (χ2v) is 6.10. The van der Waals surface area contributed by atoms with E-state index in [2.05, 4.69) is 24.2 Å². The summed E-state index contributed by atoms with van der Waals surface area (Å²) >= 11 is 7.59. The molecule has 1 unspecified atom stereocenters. The van der Waals surface area contributed by atoms with Crippen LogP contribution in [0.15, 0.2) is 23.2 Å². The summed E-state index contributed by atoms with van der Waals surface area (Å²) in [7, 11) is 0. The fourth-order valence-corrected chi connectivity index (χ4v) is 2.95. The van der Waals surface area contributed by atoms with Crippen LogP contribution in [0.1, 0.15) is 20.3 Å². The minimum Gasteiger partial charge on any atom is -0.331 e. The average Bonchev–Trinajstić information content (AvgIpc) is 2.34. The lowest BCUT2D eigenvalue weighted by atomic mass is 10.0. The van der Waals surface area contributed by atoms with Crippen LogP contribution in [0, 0.1) is 11.7 Å². The number of anilines is 1. The van der Waals surface area contributed by atoms with E-state index >= 15 is 0 Å². The van der Waals surface area contributed by atoms with Crippen molar-refractivity contribution in [1.82, 2.24) is 0 Å². The highest BCUT2D eigenvalue weighted by atomic mass is 35.5. The van der Waals surface area contributed by atoms with Crippen molar-refractivity contribution < 1.29 is 4.39 Å². The van der Waals surface area contributed by atoms with Crippen molar-refractivity contribution >= 4 is 34.2 Å². The van der Waals surface area contributed by atoms with Crippen LogP contribution < -0.4 is 5.32 Å². The molecule has 0 aromatic heterocycles. The minimum absolute atomic E-state index is 0.305. The van der Waals surface area contributed by atoms with Crippen LogP contribution in [0.2, 0.25) is 5.02 Å². The van der Waals surface area contributed by atoms with E-state index in [1.807, 2.05) is 0 Å². The van der Waals surface area contributed by atoms with Gasteiger partial charge in [-0.05, 0) is 24.5 Å². The molecule has 2 rings (SSSR count). The third-order valence-corrected chi connectivity index (χ3v) is 4.14. The van der Waals surface area contributed by atoms with Crippen molar-refractivity contribution in [3.8, 4) is 0 Å². The SMILES string of the molecule is CC(C)C1CCSC(Nc2c(F)cccc2Cl)=N1. The highest BCUT2D eigenvalue weighted by Crippen LogP contribution is 2.28. The molecule has 0 radical (unpaired) electrons. The van der Waals surface area contributed by atoms with Gasteiger partial charge in [0.15, 0.2) is 5.17 Å². The van der Waals surface area contributed by atoms with Crippen LogP contribution >= 0.6 is 23.4 Å². The predicted molar refractivity (Wildman–Crippen MR) is 78.2 cm³/mol. The van der Waals surface area contributed by atoms with Gasteiger partial charge in [0.05, 0.1) is 16.8 Å². The molecule has 0 aliphatic carbocycles. The number of hydrogen-bond acceptors (Lipinski definition) is 3. The Hall–Kier alpha value is -0.740. The molecule has 1 aliphatic rings. The van der Waals surface area contributed by atoms with Crippen molar-refractivity contribution in [3.63, 3.8) is 0 Å². The molecule has 1 N–H and O–H groups in total. The van der Waals surface area contributed by atoms with Gasteiger partial charge >= 0.3 is 0 Å². The molecule has 0 spiro atoms. The van der Waals surface area contributed by atoms with Gasteiger partial charge in [-0.2, -0.15) is 0 Å². The van der Waals surface area contributed by atoms with Gasteiger partial charge in [0.2, 0.25) is 0 Å². The summed E-state index contributed by atoms with van der Waals surface area (Å²) in [6.07, 6.45) is 1.07. The van der Waals surface area contributed by atoms with Crippen LogP contribution in [0.4, 0.5) is 10.1 Å². The van der Waals surface area contributed by atoms with Crippen molar-refractivity contribution in [1.29, 1.82) is 0 Å². The largest absolute Gasteiger partial charge is 0.331 e. The second-order valence-electron chi connectivity index (χ2n) is 4.60. The van der Waals surface area contributed by atoms with Crippen molar-refractivity contribution in [3.05, 3.63) is 29.0 Å². The number of aliphatic imine (C=N–C) groups is 1. The van der Waals surface area contributed by atoms with Crippen molar-refractivity contribution in [2.75, 3.05) is 11.1 Å². The van der Waals surface area contributed by atoms with E-state index in [1.54, 1.807) is 23.9 Å². The molecule has 0 saturated heterocycles. The maximum atomic E-state index is 13.6. The first kappa shape index (κ1) is 13.7. The lowest BCUT2D eigenvalue weighted by Crippen LogP contribution is -2.24. The van der Waals surface area contributed by atoms with E-state index < -0.39 is 0 Å². The quantitative estimate of drug-likeness (QED) is 0.871. The summed E-state index contributed by atoms with van der Waals surface area (Å²) < 4.78 is 13.6. The van der Waals surface area contributed by atoms with E-state index in [4.69, 9.17) is 11.6 Å². The average molecular weight is 287 g/mol. The third kappa shape index (κ3) is 3.18. The van der Waals surface area contributed by atoms with Crippen LogP contribution in [-0.2, 0) is 0 Å². The van der Waals surface area contributed by atoms with E-state index in [1.165, 1.54) is 6.07 Å². The summed E-state index contributed by atoms with van der Waals surface area (Å²) in [6.45, 7) is 4.30. The van der Waals surface area contributed by atoms with Gasteiger partial charge in [0, 0.05) is 5.75 Å². The molecule has 5 heteroatoms. The predicted octanol–water partition coefficient (Wildman–Crippen LogP) is 4.41. The molecule has 0 amide bonds. The number of thioether (sulfide) groups is 1. The highest BCUT2D eigenvalue weighted by molar-refractivity contribution is 8.14. The Labute approximate surface area is 116 Å². The zero-order valence-electron chi connectivity index (χ0n) is 10.4. The first-order valence-electron chi connectivity index (χ1n) is 5.99. The number of nitrogens with one attached hydrogen (secondary N) is 1. The first-order valence-corrected chi connectivity index (χ1v) is 7.36. The lowest BCUT2D eigenvalue weighted by molar-refractivity contribution is 0.485.